The Morgan fingerprint density at radius 3 is 1.58 bits per heavy atom. The second-order valence-corrected chi connectivity index (χ2v) is 21.4. The van der Waals surface area contributed by atoms with Crippen molar-refractivity contribution in [2.45, 2.75) is 65.7 Å². The van der Waals surface area contributed by atoms with Gasteiger partial charge in [-0.2, -0.15) is 0 Å². The zero-order valence-electron chi connectivity index (χ0n) is 41.6. The molecule has 0 amide bonds. The zero-order valence-corrected chi connectivity index (χ0v) is 41.6. The number of benzene rings is 9. The molecule has 0 saturated heterocycles. The maximum atomic E-state index is 2.53. The van der Waals surface area contributed by atoms with Crippen LogP contribution in [0.3, 0.4) is 0 Å². The van der Waals surface area contributed by atoms with Crippen LogP contribution in [0.2, 0.25) is 0 Å². The van der Waals surface area contributed by atoms with Crippen LogP contribution in [-0.2, 0) is 5.41 Å². The summed E-state index contributed by atoms with van der Waals surface area (Å²) >= 11 is 0. The molecule has 71 heavy (non-hydrogen) atoms. The molecule has 344 valence electrons. The van der Waals surface area contributed by atoms with Gasteiger partial charge >= 0.3 is 0 Å². The summed E-state index contributed by atoms with van der Waals surface area (Å²) in [6.45, 7) is 13.8. The van der Waals surface area contributed by atoms with Gasteiger partial charge in [0.05, 0.1) is 22.1 Å². The van der Waals surface area contributed by atoms with Crippen molar-refractivity contribution in [1.29, 1.82) is 0 Å². The molecule has 11 aromatic rings. The molecule has 0 N–H and O–H groups in total. The molecule has 2 heterocycles. The normalized spacial score (nSPS) is 16.4. The fraction of sp³-hybridized carbons (Fsp3) is 0.159. The fourth-order valence-electron chi connectivity index (χ4n) is 12.3. The number of rotatable bonds is 6. The van der Waals surface area contributed by atoms with Gasteiger partial charge in [0, 0.05) is 38.8 Å². The molecule has 13 rings (SSSR count). The molecule has 0 bridgehead atoms. The first-order valence-corrected chi connectivity index (χ1v) is 25.6. The van der Waals surface area contributed by atoms with Crippen LogP contribution in [0.25, 0.3) is 93.3 Å². The van der Waals surface area contributed by atoms with E-state index in [1.165, 1.54) is 132 Å². The van der Waals surface area contributed by atoms with Crippen LogP contribution < -0.4 is 0 Å². The summed E-state index contributed by atoms with van der Waals surface area (Å²) in [7, 11) is 0. The third-order valence-corrected chi connectivity index (χ3v) is 15.8. The number of allylic oxidation sites excluding steroid dienone is 8. The molecule has 0 saturated carbocycles. The summed E-state index contributed by atoms with van der Waals surface area (Å²) < 4.78 is 4.84. The van der Waals surface area contributed by atoms with Gasteiger partial charge in [-0.25, -0.2) is 0 Å². The van der Waals surface area contributed by atoms with Crippen LogP contribution in [0.4, 0.5) is 0 Å². The molecule has 0 fully saturated rings. The van der Waals surface area contributed by atoms with Crippen molar-refractivity contribution in [1.82, 2.24) is 9.13 Å². The number of para-hydroxylation sites is 2. The van der Waals surface area contributed by atoms with Crippen LogP contribution in [0.1, 0.15) is 85.4 Å². The lowest BCUT2D eigenvalue weighted by Crippen LogP contribution is -2.13. The Morgan fingerprint density at radius 2 is 0.986 bits per heavy atom. The van der Waals surface area contributed by atoms with Crippen LogP contribution in [0.15, 0.2) is 206 Å². The van der Waals surface area contributed by atoms with Gasteiger partial charge in [0.2, 0.25) is 0 Å². The molecule has 2 unspecified atom stereocenters. The van der Waals surface area contributed by atoms with Gasteiger partial charge in [-0.15, -0.1) is 0 Å². The van der Waals surface area contributed by atoms with Crippen molar-refractivity contribution >= 4 is 81.9 Å². The molecule has 2 nitrogen and oxygen atoms in total. The molecule has 2 atom stereocenters. The van der Waals surface area contributed by atoms with Gasteiger partial charge in [-0.1, -0.05) is 173 Å². The molecular weight excluding hydrogens is 857 g/mol. The molecule has 9 aromatic carbocycles. The molecule has 0 radical (unpaired) electrons. The van der Waals surface area contributed by atoms with Crippen molar-refractivity contribution in [3.8, 4) is 11.4 Å². The van der Waals surface area contributed by atoms with E-state index in [9.17, 15) is 0 Å². The first-order valence-electron chi connectivity index (χ1n) is 25.6. The van der Waals surface area contributed by atoms with E-state index >= 15 is 0 Å². The lowest BCUT2D eigenvalue weighted by Gasteiger charge is -2.29. The van der Waals surface area contributed by atoms with E-state index in [0.29, 0.717) is 0 Å². The molecular formula is C69H58N2. The van der Waals surface area contributed by atoms with E-state index in [2.05, 4.69) is 257 Å². The first kappa shape index (κ1) is 43.1. The highest BCUT2D eigenvalue weighted by atomic mass is 15.0. The van der Waals surface area contributed by atoms with Crippen LogP contribution in [0.5, 0.6) is 0 Å². The Bertz CT molecular complexity index is 4130. The highest BCUT2D eigenvalue weighted by Gasteiger charge is 2.28. The summed E-state index contributed by atoms with van der Waals surface area (Å²) in [5, 5.41) is 10.6. The maximum Gasteiger partial charge on any atom is 0.0541 e. The number of aromatic nitrogens is 2. The molecule has 2 aromatic heterocycles. The standard InChI is InChI=1S/C69H58N2/c1-43-15-13-17-52(37-43)70-63-23-11-9-19-55(63)60-40-49(30-35-65(60)70)46-25-27-47(28-26-46)67-57-21-7-8-22-58(57)68(62-42-51(69(4,5)6)32-34-59(62)67)54-33-29-48(39-45(54)3)50-31-36-66-61(41-50)56-20-10-12-24-64(56)71(66)53-18-14-16-44(2)38-53/h7-25,27,29-42,45,54H,26,28H2,1-6H3. The van der Waals surface area contributed by atoms with Gasteiger partial charge in [0.15, 0.2) is 0 Å². The third kappa shape index (κ3) is 7.14. The van der Waals surface area contributed by atoms with Gasteiger partial charge in [-0.3, -0.25) is 0 Å². The van der Waals surface area contributed by atoms with Crippen molar-refractivity contribution < 1.29 is 0 Å². The number of hydrogen-bond donors (Lipinski definition) is 0. The van der Waals surface area contributed by atoms with Crippen molar-refractivity contribution in [3.05, 3.63) is 245 Å². The second kappa shape index (κ2) is 16.6. The number of nitrogens with zero attached hydrogens (tertiary/aromatic N) is 2. The Balaban J connectivity index is 0.898. The smallest absolute Gasteiger partial charge is 0.0541 e. The highest BCUT2D eigenvalue weighted by molar-refractivity contribution is 6.14. The number of aryl methyl sites for hydroxylation is 2. The summed E-state index contributed by atoms with van der Waals surface area (Å²) in [5.41, 5.74) is 20.7. The Labute approximate surface area is 417 Å². The zero-order chi connectivity index (χ0) is 48.1. The van der Waals surface area contributed by atoms with Gasteiger partial charge in [0.1, 0.15) is 0 Å². The van der Waals surface area contributed by atoms with Gasteiger partial charge in [0.25, 0.3) is 0 Å². The average molecular weight is 915 g/mol. The third-order valence-electron chi connectivity index (χ3n) is 15.8. The molecule has 0 spiro atoms. The van der Waals surface area contributed by atoms with E-state index < -0.39 is 0 Å². The van der Waals surface area contributed by atoms with E-state index in [1.54, 1.807) is 0 Å². The first-order chi connectivity index (χ1) is 34.6. The summed E-state index contributed by atoms with van der Waals surface area (Å²) in [6, 6.07) is 66.2. The monoisotopic (exact) mass is 914 g/mol. The SMILES string of the molecule is Cc1cccc(-n2c3ccccc3c3cc(C4=CC(C)C(c5c6ccccc6c(C6=CC=C(c7ccc8c(c7)c7ccccc7n8-c7cccc(C)c7)CC6)c6ccc(C(C)(C)C)cc56)C=C4)ccc32)c1. The average Bonchev–Trinajstić information content (AvgIpc) is 3.90. The van der Waals surface area contributed by atoms with E-state index in [1.807, 2.05) is 0 Å². The minimum Gasteiger partial charge on any atom is -0.309 e. The summed E-state index contributed by atoms with van der Waals surface area (Å²) in [6.07, 6.45) is 14.3. The lowest BCUT2D eigenvalue weighted by molar-refractivity contribution is 0.591. The summed E-state index contributed by atoms with van der Waals surface area (Å²) in [4.78, 5) is 0. The maximum absolute atomic E-state index is 2.53. The number of hydrogen-bond acceptors (Lipinski definition) is 0. The molecule has 2 aliphatic rings. The Hall–Kier alpha value is -7.94. The summed E-state index contributed by atoms with van der Waals surface area (Å²) in [5.74, 6) is 0.485. The Kier molecular flexibility index (Phi) is 10.1. The van der Waals surface area contributed by atoms with E-state index in [-0.39, 0.29) is 17.3 Å². The van der Waals surface area contributed by atoms with Gasteiger partial charge < -0.3 is 9.13 Å². The fourth-order valence-corrected chi connectivity index (χ4v) is 12.3. The van der Waals surface area contributed by atoms with Crippen LogP contribution >= 0.6 is 0 Å². The molecule has 2 aliphatic carbocycles. The quantitative estimate of drug-likeness (QED) is 0.147. The van der Waals surface area contributed by atoms with E-state index in [0.717, 1.165) is 12.8 Å². The van der Waals surface area contributed by atoms with Crippen LogP contribution in [0, 0.1) is 19.8 Å². The van der Waals surface area contributed by atoms with Crippen LogP contribution in [-0.4, -0.2) is 9.13 Å². The second-order valence-electron chi connectivity index (χ2n) is 21.4. The van der Waals surface area contributed by atoms with Crippen molar-refractivity contribution in [2.75, 3.05) is 0 Å². The minimum absolute atomic E-state index is 0.00859. The van der Waals surface area contributed by atoms with E-state index in [4.69, 9.17) is 0 Å². The molecule has 2 heteroatoms. The minimum atomic E-state index is 0.00859. The predicted octanol–water partition coefficient (Wildman–Crippen LogP) is 18.7. The molecule has 0 aliphatic heterocycles. The highest BCUT2D eigenvalue weighted by Crippen LogP contribution is 2.48. The van der Waals surface area contributed by atoms with Gasteiger partial charge in [-0.05, 0) is 176 Å². The largest absolute Gasteiger partial charge is 0.309 e. The Morgan fingerprint density at radius 1 is 0.451 bits per heavy atom. The number of fused-ring (bicyclic) bond motifs is 8. The topological polar surface area (TPSA) is 9.86 Å². The predicted molar refractivity (Wildman–Crippen MR) is 305 cm³/mol. The van der Waals surface area contributed by atoms with Crippen molar-refractivity contribution in [2.24, 2.45) is 5.92 Å². The lowest BCUT2D eigenvalue weighted by atomic mass is 9.74. The van der Waals surface area contributed by atoms with Crippen molar-refractivity contribution in [3.63, 3.8) is 0 Å².